The van der Waals surface area contributed by atoms with Crippen LogP contribution in [0.3, 0.4) is 0 Å². The average molecular weight is 300 g/mol. The van der Waals surface area contributed by atoms with Crippen molar-refractivity contribution >= 4 is 22.8 Å². The fourth-order valence-corrected chi connectivity index (χ4v) is 3.07. The van der Waals surface area contributed by atoms with Crippen LogP contribution in [0.25, 0.3) is 10.9 Å². The van der Waals surface area contributed by atoms with Crippen molar-refractivity contribution in [3.8, 4) is 0 Å². The van der Waals surface area contributed by atoms with Gasteiger partial charge >= 0.3 is 5.97 Å². The summed E-state index contributed by atoms with van der Waals surface area (Å²) in [6.07, 6.45) is 1.98. The monoisotopic (exact) mass is 300 g/mol. The number of aliphatic carboxylic acids is 1. The molecule has 114 valence electrons. The molecule has 6 nitrogen and oxygen atoms in total. The lowest BCUT2D eigenvalue weighted by atomic mass is 10.0. The van der Waals surface area contributed by atoms with E-state index in [1.165, 1.54) is 6.07 Å². The van der Waals surface area contributed by atoms with Gasteiger partial charge in [-0.1, -0.05) is 24.6 Å². The predicted octanol–water partition coefficient (Wildman–Crippen LogP) is 1.51. The summed E-state index contributed by atoms with van der Waals surface area (Å²) in [5.41, 5.74) is 0.502. The molecule has 0 unspecified atom stereocenters. The molecule has 2 atom stereocenters. The van der Waals surface area contributed by atoms with Crippen LogP contribution in [0.1, 0.15) is 29.6 Å². The maximum absolute atomic E-state index is 12.5. The molecule has 1 aliphatic rings. The minimum Gasteiger partial charge on any atom is -0.481 e. The molecule has 1 aromatic heterocycles. The Morgan fingerprint density at radius 2 is 2.00 bits per heavy atom. The van der Waals surface area contributed by atoms with Gasteiger partial charge in [0.05, 0.1) is 11.5 Å². The molecule has 0 saturated heterocycles. The van der Waals surface area contributed by atoms with Gasteiger partial charge in [-0.05, 0) is 18.9 Å². The van der Waals surface area contributed by atoms with E-state index in [0.717, 1.165) is 6.42 Å². The number of fused-ring (bicyclic) bond motifs is 1. The molecule has 1 amide bonds. The van der Waals surface area contributed by atoms with E-state index in [0.29, 0.717) is 23.7 Å². The first-order valence-electron chi connectivity index (χ1n) is 7.22. The lowest BCUT2D eigenvalue weighted by molar-refractivity contribution is -0.142. The Morgan fingerprint density at radius 1 is 1.23 bits per heavy atom. The molecule has 0 bridgehead atoms. The van der Waals surface area contributed by atoms with Gasteiger partial charge in [0.1, 0.15) is 0 Å². The predicted molar refractivity (Wildman–Crippen MR) is 80.8 cm³/mol. The van der Waals surface area contributed by atoms with E-state index in [9.17, 15) is 19.5 Å². The van der Waals surface area contributed by atoms with Gasteiger partial charge in [0, 0.05) is 23.0 Å². The van der Waals surface area contributed by atoms with Gasteiger partial charge in [-0.15, -0.1) is 0 Å². The third-order valence-corrected chi connectivity index (χ3v) is 4.14. The topological polar surface area (TPSA) is 99.3 Å². The van der Waals surface area contributed by atoms with Crippen LogP contribution in [0.5, 0.6) is 0 Å². The minimum absolute atomic E-state index is 0.274. The molecule has 1 fully saturated rings. The van der Waals surface area contributed by atoms with E-state index in [1.54, 1.807) is 24.3 Å². The highest BCUT2D eigenvalue weighted by Crippen LogP contribution is 2.26. The van der Waals surface area contributed by atoms with Crippen molar-refractivity contribution in [1.82, 2.24) is 10.3 Å². The van der Waals surface area contributed by atoms with Crippen LogP contribution in [-0.4, -0.2) is 28.0 Å². The molecule has 3 N–H and O–H groups in total. The maximum Gasteiger partial charge on any atom is 0.308 e. The number of benzene rings is 1. The second-order valence-electron chi connectivity index (χ2n) is 5.55. The second kappa shape index (κ2) is 5.63. The molecule has 2 aromatic rings. The van der Waals surface area contributed by atoms with E-state index < -0.39 is 17.8 Å². The Bertz CT molecular complexity index is 796. The van der Waals surface area contributed by atoms with Crippen molar-refractivity contribution in [1.29, 1.82) is 0 Å². The lowest BCUT2D eigenvalue weighted by Crippen LogP contribution is -2.40. The Labute approximate surface area is 126 Å². The highest BCUT2D eigenvalue weighted by atomic mass is 16.4. The Morgan fingerprint density at radius 3 is 2.77 bits per heavy atom. The van der Waals surface area contributed by atoms with Gasteiger partial charge in [-0.3, -0.25) is 14.4 Å². The second-order valence-corrected chi connectivity index (χ2v) is 5.55. The summed E-state index contributed by atoms with van der Waals surface area (Å²) in [5, 5.41) is 12.6. The number of para-hydroxylation sites is 1. The van der Waals surface area contributed by atoms with Crippen LogP contribution in [-0.2, 0) is 4.79 Å². The van der Waals surface area contributed by atoms with Gasteiger partial charge in [0.25, 0.3) is 5.91 Å². The number of rotatable bonds is 3. The number of hydrogen-bond acceptors (Lipinski definition) is 3. The quantitative estimate of drug-likeness (QED) is 0.800. The number of carbonyl (C=O) groups excluding carboxylic acids is 1. The third-order valence-electron chi connectivity index (χ3n) is 4.14. The first-order valence-corrected chi connectivity index (χ1v) is 7.22. The number of H-pyrrole nitrogens is 1. The van der Waals surface area contributed by atoms with Crippen molar-refractivity contribution in [3.05, 3.63) is 46.2 Å². The zero-order valence-electron chi connectivity index (χ0n) is 11.8. The van der Waals surface area contributed by atoms with Crippen molar-refractivity contribution in [2.24, 2.45) is 5.92 Å². The number of nitrogens with one attached hydrogen (secondary N) is 2. The molecule has 0 spiro atoms. The standard InChI is InChI=1S/C16H16N2O4/c19-14-8-11(9-4-1-2-6-12(9)17-14)15(20)18-13-7-3-5-10(13)16(21)22/h1-2,4,6,8,10,13H,3,5,7H2,(H,17,19)(H,18,20)(H,21,22)/t10-,13-/m1/s1. The van der Waals surface area contributed by atoms with E-state index in [-0.39, 0.29) is 17.2 Å². The van der Waals surface area contributed by atoms with E-state index in [1.807, 2.05) is 0 Å². The van der Waals surface area contributed by atoms with Gasteiger partial charge in [0.2, 0.25) is 5.56 Å². The summed E-state index contributed by atoms with van der Waals surface area (Å²) in [6, 6.07) is 7.91. The molecule has 0 aliphatic heterocycles. The Balaban J connectivity index is 1.93. The molecular formula is C16H16N2O4. The first kappa shape index (κ1) is 14.3. The van der Waals surface area contributed by atoms with Crippen LogP contribution < -0.4 is 10.9 Å². The summed E-state index contributed by atoms with van der Waals surface area (Å²) in [5.74, 6) is -1.85. The van der Waals surface area contributed by atoms with Crippen LogP contribution in [0.15, 0.2) is 35.1 Å². The lowest BCUT2D eigenvalue weighted by Gasteiger charge is -2.18. The van der Waals surface area contributed by atoms with Crippen LogP contribution in [0.2, 0.25) is 0 Å². The molecule has 1 aliphatic carbocycles. The van der Waals surface area contributed by atoms with Gasteiger partial charge in [-0.2, -0.15) is 0 Å². The maximum atomic E-state index is 12.5. The zero-order valence-corrected chi connectivity index (χ0v) is 11.8. The van der Waals surface area contributed by atoms with Crippen molar-refractivity contribution in [2.75, 3.05) is 0 Å². The largest absolute Gasteiger partial charge is 0.481 e. The Hall–Kier alpha value is -2.63. The van der Waals surface area contributed by atoms with E-state index >= 15 is 0 Å². The van der Waals surface area contributed by atoms with Crippen LogP contribution in [0, 0.1) is 5.92 Å². The molecule has 1 heterocycles. The molecule has 1 saturated carbocycles. The van der Waals surface area contributed by atoms with E-state index in [4.69, 9.17) is 0 Å². The summed E-state index contributed by atoms with van der Waals surface area (Å²) >= 11 is 0. The first-order chi connectivity index (χ1) is 10.6. The van der Waals surface area contributed by atoms with Gasteiger partial charge in [-0.25, -0.2) is 0 Å². The van der Waals surface area contributed by atoms with Crippen molar-refractivity contribution in [2.45, 2.75) is 25.3 Å². The third kappa shape index (κ3) is 2.59. The SMILES string of the molecule is O=C(N[C@@H]1CCC[C@H]1C(=O)O)c1cc(=O)[nH]c2ccccc12. The number of carboxylic acid groups (broad SMARTS) is 1. The summed E-state index contributed by atoms with van der Waals surface area (Å²) in [4.78, 5) is 38.0. The van der Waals surface area contributed by atoms with Crippen LogP contribution >= 0.6 is 0 Å². The molecule has 3 rings (SSSR count). The highest BCUT2D eigenvalue weighted by molar-refractivity contribution is 6.06. The number of aromatic amines is 1. The molecule has 22 heavy (non-hydrogen) atoms. The summed E-state index contributed by atoms with van der Waals surface area (Å²) in [6.45, 7) is 0. The van der Waals surface area contributed by atoms with Gasteiger partial charge < -0.3 is 15.4 Å². The fraction of sp³-hybridized carbons (Fsp3) is 0.312. The number of pyridine rings is 1. The molecule has 1 aromatic carbocycles. The molecule has 6 heteroatoms. The van der Waals surface area contributed by atoms with Crippen molar-refractivity contribution in [3.63, 3.8) is 0 Å². The molecule has 0 radical (unpaired) electrons. The average Bonchev–Trinajstić information content (AvgIpc) is 2.94. The number of aromatic nitrogens is 1. The summed E-state index contributed by atoms with van der Waals surface area (Å²) < 4.78 is 0. The zero-order chi connectivity index (χ0) is 15.7. The van der Waals surface area contributed by atoms with Gasteiger partial charge in [0.15, 0.2) is 0 Å². The fourth-order valence-electron chi connectivity index (χ4n) is 3.07. The normalized spacial score (nSPS) is 20.9. The number of carboxylic acids is 1. The Kier molecular flexibility index (Phi) is 3.66. The smallest absolute Gasteiger partial charge is 0.308 e. The minimum atomic E-state index is -0.890. The number of hydrogen-bond donors (Lipinski definition) is 3. The van der Waals surface area contributed by atoms with E-state index in [2.05, 4.69) is 10.3 Å². The van der Waals surface area contributed by atoms with Crippen molar-refractivity contribution < 1.29 is 14.7 Å². The number of carbonyl (C=O) groups is 2. The number of amides is 1. The molecular weight excluding hydrogens is 284 g/mol. The highest BCUT2D eigenvalue weighted by Gasteiger charge is 2.34. The van der Waals surface area contributed by atoms with Crippen LogP contribution in [0.4, 0.5) is 0 Å². The summed E-state index contributed by atoms with van der Waals surface area (Å²) in [7, 11) is 0.